The molecule has 1 atom stereocenters. The molecule has 1 aliphatic carbocycles. The molecule has 0 spiro atoms. The van der Waals surface area contributed by atoms with Gasteiger partial charge in [0.1, 0.15) is 0 Å². The molecule has 1 saturated heterocycles. The summed E-state index contributed by atoms with van der Waals surface area (Å²) in [6.07, 6.45) is 9.27. The second-order valence-corrected chi connectivity index (χ2v) is 5.27. The highest BCUT2D eigenvalue weighted by atomic mass is 35.5. The van der Waals surface area contributed by atoms with Crippen molar-refractivity contribution in [2.24, 2.45) is 0 Å². The molecule has 1 saturated carbocycles. The van der Waals surface area contributed by atoms with Crippen molar-refractivity contribution >= 4 is 18.3 Å². The summed E-state index contributed by atoms with van der Waals surface area (Å²) in [5.41, 5.74) is -0.253. The molecule has 1 amide bonds. The summed E-state index contributed by atoms with van der Waals surface area (Å²) < 4.78 is 0. The van der Waals surface area contributed by atoms with Crippen LogP contribution in [0.25, 0.3) is 0 Å². The molecule has 0 radical (unpaired) electrons. The van der Waals surface area contributed by atoms with Crippen molar-refractivity contribution in [2.45, 2.75) is 69.9 Å². The van der Waals surface area contributed by atoms with Crippen LogP contribution in [0.2, 0.25) is 0 Å². The van der Waals surface area contributed by atoms with E-state index in [4.69, 9.17) is 0 Å². The molecule has 2 fully saturated rings. The Morgan fingerprint density at radius 1 is 1.29 bits per heavy atom. The van der Waals surface area contributed by atoms with E-state index in [-0.39, 0.29) is 23.9 Å². The topological polar surface area (TPSA) is 41.1 Å². The first kappa shape index (κ1) is 14.8. The third-order valence-electron chi connectivity index (χ3n) is 4.22. The summed E-state index contributed by atoms with van der Waals surface area (Å²) in [6.45, 7) is 3.10. The second-order valence-electron chi connectivity index (χ2n) is 5.27. The largest absolute Gasteiger partial charge is 0.352 e. The standard InChI is InChI=1S/C13H24N2O.ClH/c1-2-13(9-6-10-14-13)12(16)15-11-7-4-3-5-8-11;/h11,14H,2-10H2,1H3,(H,15,16);1H. The van der Waals surface area contributed by atoms with Crippen molar-refractivity contribution in [3.05, 3.63) is 0 Å². The number of halogens is 1. The van der Waals surface area contributed by atoms with E-state index in [0.717, 1.165) is 25.8 Å². The Hall–Kier alpha value is -0.280. The Bertz CT molecular complexity index is 246. The predicted octanol–water partition coefficient (Wildman–Crippen LogP) is 2.39. The van der Waals surface area contributed by atoms with Crippen LogP contribution >= 0.6 is 12.4 Å². The zero-order chi connectivity index (χ0) is 11.4. The number of nitrogens with one attached hydrogen (secondary N) is 2. The van der Waals surface area contributed by atoms with Crippen LogP contribution in [-0.2, 0) is 4.79 Å². The maximum atomic E-state index is 12.3. The van der Waals surface area contributed by atoms with Crippen molar-refractivity contribution in [1.29, 1.82) is 0 Å². The van der Waals surface area contributed by atoms with Crippen molar-refractivity contribution in [1.82, 2.24) is 10.6 Å². The molecule has 1 unspecified atom stereocenters. The van der Waals surface area contributed by atoms with Crippen LogP contribution < -0.4 is 10.6 Å². The Morgan fingerprint density at radius 2 is 2.00 bits per heavy atom. The van der Waals surface area contributed by atoms with Crippen molar-refractivity contribution in [3.63, 3.8) is 0 Å². The van der Waals surface area contributed by atoms with E-state index in [0.29, 0.717) is 6.04 Å². The first-order chi connectivity index (χ1) is 7.77. The molecule has 0 aromatic heterocycles. The lowest BCUT2D eigenvalue weighted by molar-refractivity contribution is -0.128. The average Bonchev–Trinajstić information content (AvgIpc) is 2.80. The van der Waals surface area contributed by atoms with Gasteiger partial charge >= 0.3 is 0 Å². The highest BCUT2D eigenvalue weighted by molar-refractivity contribution is 5.86. The van der Waals surface area contributed by atoms with Gasteiger partial charge in [-0.3, -0.25) is 4.79 Å². The fourth-order valence-corrected chi connectivity index (χ4v) is 3.03. The molecular formula is C13H25ClN2O. The summed E-state index contributed by atoms with van der Waals surface area (Å²) in [6, 6.07) is 0.437. The fourth-order valence-electron chi connectivity index (χ4n) is 3.03. The maximum Gasteiger partial charge on any atom is 0.240 e. The Morgan fingerprint density at radius 3 is 2.53 bits per heavy atom. The average molecular weight is 261 g/mol. The number of hydrogen-bond acceptors (Lipinski definition) is 2. The van der Waals surface area contributed by atoms with Crippen LogP contribution in [0.15, 0.2) is 0 Å². The SMILES string of the molecule is CCC1(C(=O)NC2CCCCC2)CCCN1.Cl. The van der Waals surface area contributed by atoms with E-state index < -0.39 is 0 Å². The lowest BCUT2D eigenvalue weighted by Crippen LogP contribution is -2.55. The van der Waals surface area contributed by atoms with Crippen molar-refractivity contribution < 1.29 is 4.79 Å². The number of amides is 1. The lowest BCUT2D eigenvalue weighted by Gasteiger charge is -2.31. The van der Waals surface area contributed by atoms with Gasteiger partial charge in [-0.25, -0.2) is 0 Å². The molecule has 2 rings (SSSR count). The second kappa shape index (κ2) is 6.60. The van der Waals surface area contributed by atoms with Crippen LogP contribution in [0.4, 0.5) is 0 Å². The summed E-state index contributed by atoms with van der Waals surface area (Å²) in [4.78, 5) is 12.3. The van der Waals surface area contributed by atoms with Gasteiger partial charge in [-0.05, 0) is 38.6 Å². The number of carbonyl (C=O) groups is 1. The third-order valence-corrected chi connectivity index (χ3v) is 4.22. The minimum absolute atomic E-state index is 0. The predicted molar refractivity (Wildman–Crippen MR) is 72.5 cm³/mol. The Kier molecular flexibility index (Phi) is 5.74. The van der Waals surface area contributed by atoms with E-state index in [9.17, 15) is 4.79 Å². The van der Waals surface area contributed by atoms with Crippen LogP contribution in [0, 0.1) is 0 Å². The third kappa shape index (κ3) is 3.35. The normalized spacial score (nSPS) is 29.7. The summed E-state index contributed by atoms with van der Waals surface area (Å²) in [7, 11) is 0. The van der Waals surface area contributed by atoms with Crippen LogP contribution in [-0.4, -0.2) is 24.0 Å². The summed E-state index contributed by atoms with van der Waals surface area (Å²) in [5.74, 6) is 0.249. The van der Waals surface area contributed by atoms with Gasteiger partial charge in [-0.1, -0.05) is 26.2 Å². The molecule has 2 aliphatic rings. The number of hydrogen-bond donors (Lipinski definition) is 2. The molecule has 1 heterocycles. The van der Waals surface area contributed by atoms with Crippen LogP contribution in [0.3, 0.4) is 0 Å². The van der Waals surface area contributed by atoms with Crippen molar-refractivity contribution in [2.75, 3.05) is 6.54 Å². The monoisotopic (exact) mass is 260 g/mol. The van der Waals surface area contributed by atoms with Gasteiger partial charge in [0.15, 0.2) is 0 Å². The highest BCUT2D eigenvalue weighted by Crippen LogP contribution is 2.25. The van der Waals surface area contributed by atoms with Gasteiger partial charge in [0.05, 0.1) is 5.54 Å². The molecule has 2 N–H and O–H groups in total. The van der Waals surface area contributed by atoms with Gasteiger partial charge in [0.2, 0.25) is 5.91 Å². The molecule has 0 bridgehead atoms. The summed E-state index contributed by atoms with van der Waals surface area (Å²) in [5, 5.41) is 6.65. The maximum absolute atomic E-state index is 12.3. The van der Waals surface area contributed by atoms with Gasteiger partial charge in [0.25, 0.3) is 0 Å². The van der Waals surface area contributed by atoms with Crippen molar-refractivity contribution in [3.8, 4) is 0 Å². The Balaban J connectivity index is 0.00000144. The number of rotatable bonds is 3. The van der Waals surface area contributed by atoms with Gasteiger partial charge in [-0.15, -0.1) is 12.4 Å². The van der Waals surface area contributed by atoms with E-state index in [1.165, 1.54) is 32.1 Å². The van der Waals surface area contributed by atoms with Crippen LogP contribution in [0.1, 0.15) is 58.3 Å². The minimum atomic E-state index is -0.253. The molecule has 3 nitrogen and oxygen atoms in total. The molecule has 1 aliphatic heterocycles. The first-order valence-electron chi connectivity index (χ1n) is 6.83. The van der Waals surface area contributed by atoms with E-state index in [2.05, 4.69) is 17.6 Å². The molecule has 4 heteroatoms. The van der Waals surface area contributed by atoms with Gasteiger partial charge < -0.3 is 10.6 Å². The van der Waals surface area contributed by atoms with E-state index in [1.54, 1.807) is 0 Å². The molecular weight excluding hydrogens is 236 g/mol. The van der Waals surface area contributed by atoms with E-state index in [1.807, 2.05) is 0 Å². The highest BCUT2D eigenvalue weighted by Gasteiger charge is 2.39. The smallest absolute Gasteiger partial charge is 0.240 e. The molecule has 100 valence electrons. The van der Waals surface area contributed by atoms with Gasteiger partial charge in [0, 0.05) is 6.04 Å². The fraction of sp³-hybridized carbons (Fsp3) is 0.923. The zero-order valence-electron chi connectivity index (χ0n) is 10.8. The summed E-state index contributed by atoms with van der Waals surface area (Å²) >= 11 is 0. The van der Waals surface area contributed by atoms with E-state index >= 15 is 0 Å². The number of carbonyl (C=O) groups excluding carboxylic acids is 1. The minimum Gasteiger partial charge on any atom is -0.352 e. The zero-order valence-corrected chi connectivity index (χ0v) is 11.6. The Labute approximate surface area is 111 Å². The lowest BCUT2D eigenvalue weighted by atomic mass is 9.90. The molecule has 0 aromatic rings. The quantitative estimate of drug-likeness (QED) is 0.818. The first-order valence-corrected chi connectivity index (χ1v) is 6.83. The van der Waals surface area contributed by atoms with Gasteiger partial charge in [-0.2, -0.15) is 0 Å². The van der Waals surface area contributed by atoms with Crippen LogP contribution in [0.5, 0.6) is 0 Å². The molecule has 17 heavy (non-hydrogen) atoms. The molecule has 0 aromatic carbocycles.